The van der Waals surface area contributed by atoms with Crippen molar-refractivity contribution >= 4 is 0 Å². The summed E-state index contributed by atoms with van der Waals surface area (Å²) in [5.41, 5.74) is 1.32. The van der Waals surface area contributed by atoms with E-state index in [2.05, 4.69) is 10.1 Å². The summed E-state index contributed by atoms with van der Waals surface area (Å²) in [6.07, 6.45) is 3.04. The van der Waals surface area contributed by atoms with Gasteiger partial charge >= 0.3 is 0 Å². The molecular weight excluding hydrogens is 168 g/mol. The van der Waals surface area contributed by atoms with Crippen LogP contribution in [0.1, 0.15) is 5.56 Å². The second kappa shape index (κ2) is 2.75. The Hall–Kier alpha value is -2.09. The van der Waals surface area contributed by atoms with Crippen molar-refractivity contribution in [3.05, 3.63) is 24.2 Å². The van der Waals surface area contributed by atoms with E-state index in [1.807, 2.05) is 13.1 Å². The van der Waals surface area contributed by atoms with Crippen LogP contribution in [0.15, 0.2) is 23.1 Å². The van der Waals surface area contributed by atoms with Crippen LogP contribution in [0.5, 0.6) is 0 Å². The molecule has 0 aliphatic carbocycles. The lowest BCUT2D eigenvalue weighted by Gasteiger charge is -1.93. The normalized spacial score (nSPS) is 9.85. The van der Waals surface area contributed by atoms with Crippen molar-refractivity contribution < 1.29 is 4.52 Å². The molecule has 0 spiro atoms. The van der Waals surface area contributed by atoms with Crippen molar-refractivity contribution in [2.75, 3.05) is 0 Å². The fourth-order valence-electron chi connectivity index (χ4n) is 1.12. The maximum absolute atomic E-state index is 8.64. The highest BCUT2D eigenvalue weighted by Gasteiger charge is 2.09. The summed E-state index contributed by atoms with van der Waals surface area (Å²) in [7, 11) is 1.82. The topological polar surface area (TPSA) is 67.6 Å². The van der Waals surface area contributed by atoms with Gasteiger partial charge in [0.25, 0.3) is 5.89 Å². The summed E-state index contributed by atoms with van der Waals surface area (Å²) in [6.45, 7) is 0. The smallest absolute Gasteiger partial charge is 0.274 e. The number of nitriles is 1. The first-order valence-electron chi connectivity index (χ1n) is 3.65. The van der Waals surface area contributed by atoms with Gasteiger partial charge in [0.1, 0.15) is 11.8 Å². The predicted octanol–water partition coefficient (Wildman–Crippen LogP) is 0.947. The first-order valence-corrected chi connectivity index (χ1v) is 3.65. The van der Waals surface area contributed by atoms with Gasteiger partial charge < -0.3 is 9.09 Å². The molecule has 0 aliphatic heterocycles. The lowest BCUT2D eigenvalue weighted by molar-refractivity contribution is 0.427. The Balaban J connectivity index is 2.54. The number of hydrogen-bond acceptors (Lipinski definition) is 4. The third kappa shape index (κ3) is 1.18. The Morgan fingerprint density at radius 1 is 1.62 bits per heavy atom. The molecule has 0 saturated carbocycles. The summed E-state index contributed by atoms with van der Waals surface area (Å²) < 4.78 is 6.64. The van der Waals surface area contributed by atoms with Crippen LogP contribution in [-0.4, -0.2) is 14.7 Å². The van der Waals surface area contributed by atoms with Gasteiger partial charge in [-0.2, -0.15) is 10.2 Å². The molecular formula is C8H6N4O. The molecule has 0 saturated heterocycles. The third-order valence-corrected chi connectivity index (χ3v) is 1.71. The van der Waals surface area contributed by atoms with Gasteiger partial charge in [0.2, 0.25) is 0 Å². The molecule has 0 unspecified atom stereocenters. The molecule has 0 aliphatic rings. The highest BCUT2D eigenvalue weighted by molar-refractivity contribution is 5.52. The Morgan fingerprint density at radius 2 is 2.46 bits per heavy atom. The molecule has 2 rings (SSSR count). The molecule has 2 aromatic rings. The molecule has 0 N–H and O–H groups in total. The van der Waals surface area contributed by atoms with E-state index in [-0.39, 0.29) is 0 Å². The number of hydrogen-bond donors (Lipinski definition) is 0. The molecule has 13 heavy (non-hydrogen) atoms. The van der Waals surface area contributed by atoms with Gasteiger partial charge in [0.15, 0.2) is 6.33 Å². The van der Waals surface area contributed by atoms with Crippen molar-refractivity contribution in [2.45, 2.75) is 0 Å². The molecule has 0 fully saturated rings. The third-order valence-electron chi connectivity index (χ3n) is 1.71. The first-order chi connectivity index (χ1) is 6.31. The van der Waals surface area contributed by atoms with Gasteiger partial charge in [0.05, 0.1) is 5.56 Å². The van der Waals surface area contributed by atoms with Crippen LogP contribution in [0, 0.1) is 11.3 Å². The molecule has 64 valence electrons. The quantitative estimate of drug-likeness (QED) is 0.645. The summed E-state index contributed by atoms with van der Waals surface area (Å²) in [4.78, 5) is 3.89. The maximum atomic E-state index is 8.64. The molecule has 5 heteroatoms. The molecule has 2 aromatic heterocycles. The van der Waals surface area contributed by atoms with E-state index in [0.29, 0.717) is 11.5 Å². The zero-order valence-corrected chi connectivity index (χ0v) is 6.93. The van der Waals surface area contributed by atoms with Crippen molar-refractivity contribution in [3.8, 4) is 17.7 Å². The fraction of sp³-hybridized carbons (Fsp3) is 0.125. The Labute approximate surface area is 74.2 Å². The summed E-state index contributed by atoms with van der Waals surface area (Å²) in [5, 5.41) is 12.1. The van der Waals surface area contributed by atoms with E-state index in [1.54, 1.807) is 16.8 Å². The van der Waals surface area contributed by atoms with E-state index in [0.717, 1.165) is 5.69 Å². The predicted molar refractivity (Wildman–Crippen MR) is 43.4 cm³/mol. The zero-order valence-electron chi connectivity index (χ0n) is 6.93. The molecule has 0 amide bonds. The molecule has 0 bridgehead atoms. The van der Waals surface area contributed by atoms with Crippen LogP contribution in [0.2, 0.25) is 0 Å². The highest BCUT2D eigenvalue weighted by atomic mass is 16.5. The first kappa shape index (κ1) is 7.55. The summed E-state index contributed by atoms with van der Waals surface area (Å²) in [6, 6.07) is 3.74. The number of aromatic nitrogens is 3. The van der Waals surface area contributed by atoms with E-state index >= 15 is 0 Å². The van der Waals surface area contributed by atoms with Crippen molar-refractivity contribution in [1.82, 2.24) is 14.7 Å². The SMILES string of the molecule is Cn1cc(C#N)cc1-c1ncno1. The number of nitrogens with zero attached hydrogens (tertiary/aromatic N) is 4. The molecule has 0 radical (unpaired) electrons. The standard InChI is InChI=1S/C8H6N4O/c1-12-4-6(3-9)2-7(12)8-10-5-11-13-8/h2,4-5H,1H3. The second-order valence-electron chi connectivity index (χ2n) is 2.58. The second-order valence-corrected chi connectivity index (χ2v) is 2.58. The van der Waals surface area contributed by atoms with Gasteiger partial charge in [-0.1, -0.05) is 5.16 Å². The lowest BCUT2D eigenvalue weighted by atomic mass is 10.3. The molecule has 0 aromatic carbocycles. The fourth-order valence-corrected chi connectivity index (χ4v) is 1.12. The number of aryl methyl sites for hydroxylation is 1. The molecule has 2 heterocycles. The zero-order chi connectivity index (χ0) is 9.26. The van der Waals surface area contributed by atoms with Crippen LogP contribution in [0.25, 0.3) is 11.6 Å². The number of rotatable bonds is 1. The van der Waals surface area contributed by atoms with Gasteiger partial charge in [0, 0.05) is 13.2 Å². The Morgan fingerprint density at radius 3 is 3.00 bits per heavy atom. The maximum Gasteiger partial charge on any atom is 0.274 e. The van der Waals surface area contributed by atoms with Crippen LogP contribution in [0.3, 0.4) is 0 Å². The average Bonchev–Trinajstić information content (AvgIpc) is 2.72. The van der Waals surface area contributed by atoms with Gasteiger partial charge in [-0.05, 0) is 6.07 Å². The van der Waals surface area contributed by atoms with Gasteiger partial charge in [-0.15, -0.1) is 0 Å². The van der Waals surface area contributed by atoms with Crippen LogP contribution in [0.4, 0.5) is 0 Å². The minimum atomic E-state index is 0.420. The largest absolute Gasteiger partial charge is 0.345 e. The van der Waals surface area contributed by atoms with Crippen LogP contribution < -0.4 is 0 Å². The molecule has 5 nitrogen and oxygen atoms in total. The van der Waals surface area contributed by atoms with Crippen molar-refractivity contribution in [3.63, 3.8) is 0 Å². The Bertz CT molecular complexity index is 449. The lowest BCUT2D eigenvalue weighted by Crippen LogP contribution is -1.88. The highest BCUT2D eigenvalue weighted by Crippen LogP contribution is 2.17. The van der Waals surface area contributed by atoms with Gasteiger partial charge in [-0.25, -0.2) is 0 Å². The minimum absolute atomic E-state index is 0.420. The van der Waals surface area contributed by atoms with E-state index in [1.165, 1.54) is 6.33 Å². The van der Waals surface area contributed by atoms with E-state index < -0.39 is 0 Å². The van der Waals surface area contributed by atoms with E-state index in [4.69, 9.17) is 9.78 Å². The van der Waals surface area contributed by atoms with Crippen molar-refractivity contribution in [2.24, 2.45) is 7.05 Å². The summed E-state index contributed by atoms with van der Waals surface area (Å²) >= 11 is 0. The van der Waals surface area contributed by atoms with E-state index in [9.17, 15) is 0 Å². The van der Waals surface area contributed by atoms with Crippen molar-refractivity contribution in [1.29, 1.82) is 5.26 Å². The summed E-state index contributed by atoms with van der Waals surface area (Å²) in [5.74, 6) is 0.420. The average molecular weight is 174 g/mol. The molecule has 0 atom stereocenters. The van der Waals surface area contributed by atoms with Gasteiger partial charge in [-0.3, -0.25) is 0 Å². The van der Waals surface area contributed by atoms with Crippen LogP contribution >= 0.6 is 0 Å². The van der Waals surface area contributed by atoms with Crippen LogP contribution in [-0.2, 0) is 7.05 Å². The monoisotopic (exact) mass is 174 g/mol. The Kier molecular flexibility index (Phi) is 1.60. The minimum Gasteiger partial charge on any atom is -0.345 e.